The van der Waals surface area contributed by atoms with Crippen LogP contribution in [-0.2, 0) is 17.8 Å². The SMILES string of the molecule is C[C@@H](C(=O)NCc1ccccc1)[C@@H](O)[C@H](O)CCc1cc(F)cc(F)c1. The second-order valence-electron chi connectivity index (χ2n) is 6.37. The maximum absolute atomic E-state index is 13.2. The Hall–Kier alpha value is -2.31. The Balaban J connectivity index is 1.83. The molecule has 0 fully saturated rings. The fourth-order valence-electron chi connectivity index (χ4n) is 2.67. The number of carbonyl (C=O) groups is 1. The van der Waals surface area contributed by atoms with Crippen molar-refractivity contribution in [2.45, 2.75) is 38.5 Å². The largest absolute Gasteiger partial charge is 0.390 e. The lowest BCUT2D eigenvalue weighted by atomic mass is 9.94. The number of rotatable bonds is 8. The summed E-state index contributed by atoms with van der Waals surface area (Å²) in [5, 5.41) is 23.0. The highest BCUT2D eigenvalue weighted by atomic mass is 19.1. The number of hydrogen-bond donors (Lipinski definition) is 3. The standard InChI is InChI=1S/C20H23F2NO3/c1-13(20(26)23-12-14-5-3-2-4-6-14)19(25)18(24)8-7-15-9-16(21)11-17(22)10-15/h2-6,9-11,13,18-19,24-25H,7-8,12H2,1H3,(H,23,26)/t13-,18-,19-/m1/s1. The molecule has 0 spiro atoms. The van der Waals surface area contributed by atoms with Crippen LogP contribution in [-0.4, -0.2) is 28.3 Å². The van der Waals surface area contributed by atoms with Gasteiger partial charge in [0.05, 0.1) is 18.1 Å². The first-order valence-corrected chi connectivity index (χ1v) is 8.49. The zero-order valence-corrected chi connectivity index (χ0v) is 14.5. The van der Waals surface area contributed by atoms with Crippen molar-refractivity contribution in [3.05, 3.63) is 71.3 Å². The van der Waals surface area contributed by atoms with Crippen LogP contribution in [0.3, 0.4) is 0 Å². The van der Waals surface area contributed by atoms with Gasteiger partial charge >= 0.3 is 0 Å². The van der Waals surface area contributed by atoms with Gasteiger partial charge in [0, 0.05) is 12.6 Å². The summed E-state index contributed by atoms with van der Waals surface area (Å²) in [6.45, 7) is 1.85. The lowest BCUT2D eigenvalue weighted by molar-refractivity contribution is -0.131. The normalized spacial score (nSPS) is 14.5. The monoisotopic (exact) mass is 363 g/mol. The van der Waals surface area contributed by atoms with Gasteiger partial charge in [-0.05, 0) is 36.1 Å². The van der Waals surface area contributed by atoms with E-state index in [9.17, 15) is 23.8 Å². The lowest BCUT2D eigenvalue weighted by Crippen LogP contribution is -2.41. The first kappa shape index (κ1) is 20.0. The Labute approximate surface area is 151 Å². The highest BCUT2D eigenvalue weighted by Crippen LogP contribution is 2.15. The van der Waals surface area contributed by atoms with Gasteiger partial charge in [0.1, 0.15) is 11.6 Å². The van der Waals surface area contributed by atoms with E-state index in [1.54, 1.807) is 0 Å². The van der Waals surface area contributed by atoms with Crippen LogP contribution >= 0.6 is 0 Å². The van der Waals surface area contributed by atoms with E-state index < -0.39 is 29.8 Å². The van der Waals surface area contributed by atoms with Crippen LogP contribution < -0.4 is 5.32 Å². The van der Waals surface area contributed by atoms with Crippen molar-refractivity contribution >= 4 is 5.91 Å². The molecule has 3 atom stereocenters. The molecule has 6 heteroatoms. The van der Waals surface area contributed by atoms with Gasteiger partial charge in [-0.3, -0.25) is 4.79 Å². The molecule has 2 rings (SSSR count). The molecular formula is C20H23F2NO3. The molecule has 2 aromatic carbocycles. The van der Waals surface area contributed by atoms with Crippen LogP contribution in [0.2, 0.25) is 0 Å². The number of benzene rings is 2. The molecule has 0 radical (unpaired) electrons. The van der Waals surface area contributed by atoms with Crippen molar-refractivity contribution in [1.29, 1.82) is 0 Å². The summed E-state index contributed by atoms with van der Waals surface area (Å²) < 4.78 is 26.3. The minimum absolute atomic E-state index is 0.0837. The molecule has 0 saturated heterocycles. The average molecular weight is 363 g/mol. The van der Waals surface area contributed by atoms with Gasteiger partial charge in [0.15, 0.2) is 0 Å². The highest BCUT2D eigenvalue weighted by molar-refractivity contribution is 5.78. The van der Waals surface area contributed by atoms with Gasteiger partial charge in [-0.1, -0.05) is 37.3 Å². The molecule has 0 heterocycles. The molecule has 0 aliphatic heterocycles. The van der Waals surface area contributed by atoms with Crippen LogP contribution in [0.5, 0.6) is 0 Å². The van der Waals surface area contributed by atoms with Crippen molar-refractivity contribution in [3.8, 4) is 0 Å². The van der Waals surface area contributed by atoms with E-state index >= 15 is 0 Å². The van der Waals surface area contributed by atoms with Gasteiger partial charge in [-0.15, -0.1) is 0 Å². The molecule has 26 heavy (non-hydrogen) atoms. The maximum Gasteiger partial charge on any atom is 0.225 e. The van der Waals surface area contributed by atoms with E-state index in [0.29, 0.717) is 12.1 Å². The molecule has 0 unspecified atom stereocenters. The topological polar surface area (TPSA) is 69.6 Å². The third-order valence-electron chi connectivity index (χ3n) is 4.28. The number of aliphatic hydroxyl groups is 2. The zero-order chi connectivity index (χ0) is 19.1. The van der Waals surface area contributed by atoms with Crippen molar-refractivity contribution in [1.82, 2.24) is 5.32 Å². The summed E-state index contributed by atoms with van der Waals surface area (Å²) >= 11 is 0. The van der Waals surface area contributed by atoms with Gasteiger partial charge in [-0.25, -0.2) is 8.78 Å². The Morgan fingerprint density at radius 2 is 1.65 bits per heavy atom. The molecule has 0 bridgehead atoms. The van der Waals surface area contributed by atoms with Gasteiger partial charge in [0.2, 0.25) is 5.91 Å². The quantitative estimate of drug-likeness (QED) is 0.675. The molecule has 4 nitrogen and oxygen atoms in total. The van der Waals surface area contributed by atoms with Gasteiger partial charge < -0.3 is 15.5 Å². The second kappa shape index (κ2) is 9.40. The van der Waals surface area contributed by atoms with Gasteiger partial charge in [0.25, 0.3) is 0 Å². The fourth-order valence-corrected chi connectivity index (χ4v) is 2.67. The molecule has 140 valence electrons. The van der Waals surface area contributed by atoms with E-state index in [0.717, 1.165) is 11.6 Å². The summed E-state index contributed by atoms with van der Waals surface area (Å²) in [5.74, 6) is -2.58. The molecule has 3 N–H and O–H groups in total. The first-order chi connectivity index (χ1) is 12.4. The summed E-state index contributed by atoms with van der Waals surface area (Å²) in [5.41, 5.74) is 1.31. The third kappa shape index (κ3) is 5.89. The van der Waals surface area contributed by atoms with E-state index in [1.807, 2.05) is 30.3 Å². The van der Waals surface area contributed by atoms with E-state index in [-0.39, 0.29) is 18.7 Å². The Morgan fingerprint density at radius 1 is 1.04 bits per heavy atom. The molecule has 0 aliphatic rings. The number of amides is 1. The Bertz CT molecular complexity index is 704. The summed E-state index contributed by atoms with van der Waals surface area (Å²) in [6.07, 6.45) is -2.19. The fraction of sp³-hybridized carbons (Fsp3) is 0.350. The van der Waals surface area contributed by atoms with Gasteiger partial charge in [-0.2, -0.15) is 0 Å². The molecule has 1 amide bonds. The number of hydrogen-bond acceptors (Lipinski definition) is 3. The summed E-state index contributed by atoms with van der Waals surface area (Å²) in [6, 6.07) is 12.5. The predicted octanol–water partition coefficient (Wildman–Crippen LogP) is 2.57. The maximum atomic E-state index is 13.2. The number of aliphatic hydroxyl groups excluding tert-OH is 2. The van der Waals surface area contributed by atoms with E-state index in [4.69, 9.17) is 0 Å². The highest BCUT2D eigenvalue weighted by Gasteiger charge is 2.28. The lowest BCUT2D eigenvalue weighted by Gasteiger charge is -2.23. The molecule has 0 aliphatic carbocycles. The van der Waals surface area contributed by atoms with Crippen LogP contribution in [0.15, 0.2) is 48.5 Å². The van der Waals surface area contributed by atoms with Crippen LogP contribution in [0.25, 0.3) is 0 Å². The first-order valence-electron chi connectivity index (χ1n) is 8.49. The van der Waals surface area contributed by atoms with Crippen molar-refractivity contribution < 1.29 is 23.8 Å². The Morgan fingerprint density at radius 3 is 2.27 bits per heavy atom. The van der Waals surface area contributed by atoms with Crippen LogP contribution in [0.1, 0.15) is 24.5 Å². The minimum atomic E-state index is -1.27. The zero-order valence-electron chi connectivity index (χ0n) is 14.5. The van der Waals surface area contributed by atoms with Crippen molar-refractivity contribution in [2.75, 3.05) is 0 Å². The molecule has 2 aromatic rings. The summed E-state index contributed by atoms with van der Waals surface area (Å²) in [4.78, 5) is 12.1. The van der Waals surface area contributed by atoms with E-state index in [2.05, 4.69) is 5.32 Å². The molecule has 0 aromatic heterocycles. The number of aryl methyl sites for hydroxylation is 1. The van der Waals surface area contributed by atoms with Crippen molar-refractivity contribution in [2.24, 2.45) is 5.92 Å². The van der Waals surface area contributed by atoms with Crippen LogP contribution in [0, 0.1) is 17.6 Å². The minimum Gasteiger partial charge on any atom is -0.390 e. The molecular weight excluding hydrogens is 340 g/mol. The second-order valence-corrected chi connectivity index (χ2v) is 6.37. The van der Waals surface area contributed by atoms with E-state index in [1.165, 1.54) is 19.1 Å². The number of halogens is 2. The predicted molar refractivity (Wildman–Crippen MR) is 94.1 cm³/mol. The van der Waals surface area contributed by atoms with Crippen molar-refractivity contribution in [3.63, 3.8) is 0 Å². The van der Waals surface area contributed by atoms with Crippen LogP contribution in [0.4, 0.5) is 8.78 Å². The third-order valence-corrected chi connectivity index (χ3v) is 4.28. The number of nitrogens with one attached hydrogen (secondary N) is 1. The smallest absolute Gasteiger partial charge is 0.225 e. The Kier molecular flexibility index (Phi) is 7.24. The molecule has 0 saturated carbocycles. The average Bonchev–Trinajstić information content (AvgIpc) is 2.63. The summed E-state index contributed by atoms with van der Waals surface area (Å²) in [7, 11) is 0. The number of carbonyl (C=O) groups excluding carboxylic acids is 1.